The maximum atomic E-state index is 12.4. The van der Waals surface area contributed by atoms with E-state index in [0.717, 1.165) is 28.6 Å². The molecule has 29 heavy (non-hydrogen) atoms. The van der Waals surface area contributed by atoms with E-state index in [-0.39, 0.29) is 23.8 Å². The summed E-state index contributed by atoms with van der Waals surface area (Å²) < 4.78 is 0. The average molecular weight is 434 g/mol. The molecule has 0 unspecified atom stereocenters. The standard InChI is InChI=1S/C21H27N3O3S2/c1-4-10-28-29-11-9-20(26)23-14(2)21(27)24-19(15(3)25)12-16-13-22-18-8-6-5-7-17(16)18/h5-8,13,19,22H,4,9-12H2,1-3H3,(H,24,27)/b23-14+/t19-/m0/s1. The second-order valence-corrected chi connectivity index (χ2v) is 9.39. The molecular weight excluding hydrogens is 406 g/mol. The fourth-order valence-corrected chi connectivity index (χ4v) is 4.82. The van der Waals surface area contributed by atoms with E-state index in [1.54, 1.807) is 21.6 Å². The predicted octanol–water partition coefficient (Wildman–Crippen LogP) is 3.95. The highest BCUT2D eigenvalue weighted by Gasteiger charge is 2.21. The van der Waals surface area contributed by atoms with Crippen molar-refractivity contribution in [3.63, 3.8) is 0 Å². The predicted molar refractivity (Wildman–Crippen MR) is 123 cm³/mol. The third kappa shape index (κ3) is 7.36. The minimum Gasteiger partial charge on any atom is -0.361 e. The van der Waals surface area contributed by atoms with E-state index in [0.29, 0.717) is 12.2 Å². The number of hydrogen-bond donors (Lipinski definition) is 2. The molecule has 156 valence electrons. The third-order valence-electron chi connectivity index (χ3n) is 4.29. The van der Waals surface area contributed by atoms with Crippen LogP contribution in [0.25, 0.3) is 10.9 Å². The summed E-state index contributed by atoms with van der Waals surface area (Å²) in [4.78, 5) is 43.5. The number of aliphatic imine (C=N–C) groups is 1. The van der Waals surface area contributed by atoms with Crippen molar-refractivity contribution in [3.8, 4) is 0 Å². The van der Waals surface area contributed by atoms with Gasteiger partial charge < -0.3 is 10.3 Å². The molecule has 0 saturated heterocycles. The fourth-order valence-electron chi connectivity index (χ4n) is 2.70. The van der Waals surface area contributed by atoms with Gasteiger partial charge in [-0.05, 0) is 31.9 Å². The molecule has 0 spiro atoms. The number of amides is 2. The first-order valence-corrected chi connectivity index (χ1v) is 12.1. The highest BCUT2D eigenvalue weighted by molar-refractivity contribution is 8.76. The second kappa shape index (κ2) is 11.8. The lowest BCUT2D eigenvalue weighted by molar-refractivity contribution is -0.123. The molecule has 1 aromatic carbocycles. The van der Waals surface area contributed by atoms with Crippen LogP contribution in [-0.2, 0) is 20.8 Å². The molecule has 0 saturated carbocycles. The molecule has 1 aromatic heterocycles. The number of rotatable bonds is 11. The maximum absolute atomic E-state index is 12.4. The third-order valence-corrected chi connectivity index (χ3v) is 6.90. The van der Waals surface area contributed by atoms with Crippen LogP contribution in [0, 0.1) is 0 Å². The topological polar surface area (TPSA) is 91.4 Å². The maximum Gasteiger partial charge on any atom is 0.266 e. The highest BCUT2D eigenvalue weighted by Crippen LogP contribution is 2.22. The Hall–Kier alpha value is -2.06. The van der Waals surface area contributed by atoms with Crippen molar-refractivity contribution in [2.75, 3.05) is 11.5 Å². The summed E-state index contributed by atoms with van der Waals surface area (Å²) in [5, 5.41) is 3.73. The number of aromatic nitrogens is 1. The van der Waals surface area contributed by atoms with Crippen LogP contribution >= 0.6 is 21.6 Å². The summed E-state index contributed by atoms with van der Waals surface area (Å²) in [5.41, 5.74) is 2.01. The van der Waals surface area contributed by atoms with Crippen molar-refractivity contribution >= 4 is 55.8 Å². The zero-order valence-corrected chi connectivity index (χ0v) is 18.6. The fraction of sp³-hybridized carbons (Fsp3) is 0.429. The number of nitrogens with one attached hydrogen (secondary N) is 2. The summed E-state index contributed by atoms with van der Waals surface area (Å²) in [5.74, 6) is 0.752. The van der Waals surface area contributed by atoms with Gasteiger partial charge in [0, 0.05) is 41.4 Å². The van der Waals surface area contributed by atoms with Crippen LogP contribution in [0.4, 0.5) is 0 Å². The Balaban J connectivity index is 1.94. The number of benzene rings is 1. The summed E-state index contributed by atoms with van der Waals surface area (Å²) in [6, 6.07) is 7.12. The normalized spacial score (nSPS) is 12.7. The van der Waals surface area contributed by atoms with Gasteiger partial charge in [0.05, 0.1) is 6.04 Å². The number of carbonyl (C=O) groups is 3. The molecule has 2 aromatic rings. The summed E-state index contributed by atoms with van der Waals surface area (Å²) in [7, 11) is 3.37. The van der Waals surface area contributed by atoms with Gasteiger partial charge in [0.15, 0.2) is 5.78 Å². The van der Waals surface area contributed by atoms with Crippen LogP contribution in [0.3, 0.4) is 0 Å². The molecule has 0 aliphatic rings. The molecule has 8 heteroatoms. The van der Waals surface area contributed by atoms with Crippen molar-refractivity contribution in [2.45, 2.75) is 46.1 Å². The molecule has 6 nitrogen and oxygen atoms in total. The van der Waals surface area contributed by atoms with Gasteiger partial charge in [-0.3, -0.25) is 14.4 Å². The molecule has 0 fully saturated rings. The Labute approximate surface area is 179 Å². The monoisotopic (exact) mass is 433 g/mol. The van der Waals surface area contributed by atoms with Gasteiger partial charge in [-0.1, -0.05) is 46.7 Å². The van der Waals surface area contributed by atoms with Crippen LogP contribution in [0.2, 0.25) is 0 Å². The average Bonchev–Trinajstić information content (AvgIpc) is 3.10. The van der Waals surface area contributed by atoms with Gasteiger partial charge in [-0.2, -0.15) is 0 Å². The van der Waals surface area contributed by atoms with Crippen molar-refractivity contribution < 1.29 is 14.4 Å². The van der Waals surface area contributed by atoms with Crippen molar-refractivity contribution in [1.29, 1.82) is 0 Å². The first-order chi connectivity index (χ1) is 13.9. The van der Waals surface area contributed by atoms with E-state index in [2.05, 4.69) is 22.2 Å². The first-order valence-electron chi connectivity index (χ1n) is 9.61. The molecule has 1 heterocycles. The number of nitrogens with zero attached hydrogens (tertiary/aromatic N) is 1. The molecular formula is C21H27N3O3S2. The second-order valence-electron chi connectivity index (χ2n) is 6.69. The summed E-state index contributed by atoms with van der Waals surface area (Å²) >= 11 is 0. The van der Waals surface area contributed by atoms with Crippen molar-refractivity contribution in [3.05, 3.63) is 36.0 Å². The van der Waals surface area contributed by atoms with E-state index in [9.17, 15) is 14.4 Å². The number of para-hydroxylation sites is 1. The van der Waals surface area contributed by atoms with Gasteiger partial charge in [-0.15, -0.1) is 0 Å². The number of H-pyrrole nitrogens is 1. The number of ketones is 1. The van der Waals surface area contributed by atoms with Gasteiger partial charge >= 0.3 is 0 Å². The van der Waals surface area contributed by atoms with E-state index in [1.165, 1.54) is 13.8 Å². The Kier molecular flexibility index (Phi) is 9.47. The molecule has 2 rings (SSSR count). The molecule has 2 N–H and O–H groups in total. The Morgan fingerprint density at radius 2 is 1.86 bits per heavy atom. The van der Waals surface area contributed by atoms with E-state index < -0.39 is 11.9 Å². The van der Waals surface area contributed by atoms with E-state index in [1.807, 2.05) is 30.5 Å². The highest BCUT2D eigenvalue weighted by atomic mass is 33.1. The zero-order chi connectivity index (χ0) is 21.2. The number of hydrogen-bond acceptors (Lipinski definition) is 5. The quantitative estimate of drug-likeness (QED) is 0.318. The lowest BCUT2D eigenvalue weighted by Crippen LogP contribution is -2.44. The molecule has 0 bridgehead atoms. The molecule has 0 radical (unpaired) electrons. The van der Waals surface area contributed by atoms with Crippen molar-refractivity contribution in [1.82, 2.24) is 10.3 Å². The lowest BCUT2D eigenvalue weighted by atomic mass is 10.0. The number of Topliss-reactive ketones (excluding diaryl/α,β-unsaturated/α-hetero) is 1. The molecule has 2 amide bonds. The molecule has 1 atom stereocenters. The van der Waals surface area contributed by atoms with Crippen LogP contribution < -0.4 is 5.32 Å². The van der Waals surface area contributed by atoms with E-state index >= 15 is 0 Å². The number of fused-ring (bicyclic) bond motifs is 1. The SMILES string of the molecule is CCCSSCCC(=O)/N=C(\C)C(=O)N[C@@H](Cc1c[nH]c2ccccc12)C(C)=O. The van der Waals surface area contributed by atoms with Crippen LogP contribution in [0.15, 0.2) is 35.5 Å². The first kappa shape index (κ1) is 23.2. The number of carbonyl (C=O) groups excluding carboxylic acids is 3. The van der Waals surface area contributed by atoms with Crippen LogP contribution in [-0.4, -0.2) is 45.8 Å². The Bertz CT molecular complexity index is 892. The van der Waals surface area contributed by atoms with Crippen molar-refractivity contribution in [2.24, 2.45) is 4.99 Å². The number of aromatic amines is 1. The minimum atomic E-state index is -0.678. The lowest BCUT2D eigenvalue weighted by Gasteiger charge is -2.15. The van der Waals surface area contributed by atoms with Gasteiger partial charge in [0.25, 0.3) is 5.91 Å². The molecule has 0 aliphatic carbocycles. The minimum absolute atomic E-state index is 0.0754. The van der Waals surface area contributed by atoms with Crippen LogP contribution in [0.5, 0.6) is 0 Å². The van der Waals surface area contributed by atoms with E-state index in [4.69, 9.17) is 0 Å². The van der Waals surface area contributed by atoms with Gasteiger partial charge in [0.2, 0.25) is 5.91 Å². The largest absolute Gasteiger partial charge is 0.361 e. The summed E-state index contributed by atoms with van der Waals surface area (Å²) in [6.07, 6.45) is 3.61. The van der Waals surface area contributed by atoms with Gasteiger partial charge in [-0.25, -0.2) is 4.99 Å². The Morgan fingerprint density at radius 3 is 2.59 bits per heavy atom. The summed E-state index contributed by atoms with van der Waals surface area (Å²) in [6.45, 7) is 5.05. The molecule has 0 aliphatic heterocycles. The smallest absolute Gasteiger partial charge is 0.266 e. The van der Waals surface area contributed by atoms with Gasteiger partial charge in [0.1, 0.15) is 5.71 Å². The zero-order valence-electron chi connectivity index (χ0n) is 17.0. The Morgan fingerprint density at radius 1 is 1.14 bits per heavy atom. The van der Waals surface area contributed by atoms with Crippen LogP contribution in [0.1, 0.15) is 39.2 Å².